The van der Waals surface area contributed by atoms with Gasteiger partial charge in [0.1, 0.15) is 11.5 Å². The summed E-state index contributed by atoms with van der Waals surface area (Å²) in [6, 6.07) is 10.1. The maximum Gasteiger partial charge on any atom is 0.250 e. The van der Waals surface area contributed by atoms with Gasteiger partial charge >= 0.3 is 0 Å². The molecule has 4 heterocycles. The van der Waals surface area contributed by atoms with E-state index in [9.17, 15) is 4.79 Å². The van der Waals surface area contributed by atoms with Crippen LogP contribution in [0, 0.1) is 6.92 Å². The van der Waals surface area contributed by atoms with Gasteiger partial charge in [-0.1, -0.05) is 6.07 Å². The zero-order valence-electron chi connectivity index (χ0n) is 14.4. The lowest BCUT2D eigenvalue weighted by Crippen LogP contribution is -2.15. The van der Waals surface area contributed by atoms with Gasteiger partial charge in [-0.3, -0.25) is 9.78 Å². The highest BCUT2D eigenvalue weighted by atomic mass is 16.1. The van der Waals surface area contributed by atoms with Crippen molar-refractivity contribution in [2.75, 3.05) is 0 Å². The first kappa shape index (κ1) is 14.6. The van der Waals surface area contributed by atoms with Crippen LogP contribution in [0.25, 0.3) is 22.6 Å². The molecule has 3 aromatic heterocycles. The van der Waals surface area contributed by atoms with Gasteiger partial charge in [0, 0.05) is 42.5 Å². The van der Waals surface area contributed by atoms with E-state index in [-0.39, 0.29) is 5.56 Å². The number of pyridine rings is 2. The van der Waals surface area contributed by atoms with Crippen molar-refractivity contribution in [1.82, 2.24) is 19.1 Å². The first-order valence-electron chi connectivity index (χ1n) is 8.85. The van der Waals surface area contributed by atoms with E-state index in [0.717, 1.165) is 28.3 Å². The van der Waals surface area contributed by atoms with Gasteiger partial charge in [-0.2, -0.15) is 0 Å². The number of fused-ring (bicyclic) bond motifs is 5. The maximum atomic E-state index is 11.8. The zero-order chi connectivity index (χ0) is 17.1. The summed E-state index contributed by atoms with van der Waals surface area (Å²) in [6.07, 6.45) is 5.56. The zero-order valence-corrected chi connectivity index (χ0v) is 14.4. The molecule has 1 fully saturated rings. The number of rotatable bonds is 2. The number of hydrogen-bond donors (Lipinski definition) is 0. The highest BCUT2D eigenvalue weighted by Gasteiger charge is 2.41. The minimum absolute atomic E-state index is 0.00154. The van der Waals surface area contributed by atoms with Crippen LogP contribution in [0.2, 0.25) is 0 Å². The fourth-order valence-electron chi connectivity index (χ4n) is 4.40. The topological polar surface area (TPSA) is 52.7 Å². The Balaban J connectivity index is 1.80. The average molecular weight is 332 g/mol. The van der Waals surface area contributed by atoms with Crippen LogP contribution < -0.4 is 5.56 Å². The molecule has 1 saturated carbocycles. The molecule has 0 radical (unpaired) electrons. The largest absolute Gasteiger partial charge is 0.324 e. The SMILES string of the molecule is Cc1cccc(-c2nc3n(c2-c2ccc(=O)n(C)c2)C2CCC3C2)n1. The standard InChI is InChI=1S/C20H20N4O/c1-12-4-3-5-16(21-12)18-19(14-7-9-17(25)23(2)11-14)24-15-8-6-13(10-15)20(24)22-18/h3-5,7,9,11,13,15H,6,8,10H2,1-2H3. The fraction of sp³-hybridized carbons (Fsp3) is 0.350. The molecule has 1 aliphatic heterocycles. The molecular weight excluding hydrogens is 312 g/mol. The monoisotopic (exact) mass is 332 g/mol. The van der Waals surface area contributed by atoms with Crippen molar-refractivity contribution in [2.45, 2.75) is 38.1 Å². The lowest BCUT2D eigenvalue weighted by atomic mass is 10.1. The summed E-state index contributed by atoms with van der Waals surface area (Å²) in [6.45, 7) is 2.00. The van der Waals surface area contributed by atoms with Crippen LogP contribution in [0.15, 0.2) is 41.3 Å². The molecule has 1 aliphatic carbocycles. The highest BCUT2D eigenvalue weighted by Crippen LogP contribution is 2.52. The minimum Gasteiger partial charge on any atom is -0.324 e. The van der Waals surface area contributed by atoms with Crippen molar-refractivity contribution >= 4 is 0 Å². The second-order valence-corrected chi connectivity index (χ2v) is 7.23. The smallest absolute Gasteiger partial charge is 0.250 e. The lowest BCUT2D eigenvalue weighted by molar-refractivity contribution is 0.530. The normalized spacial score (nSPS) is 20.9. The van der Waals surface area contributed by atoms with Crippen molar-refractivity contribution < 1.29 is 0 Å². The van der Waals surface area contributed by atoms with Gasteiger partial charge < -0.3 is 9.13 Å². The third-order valence-corrected chi connectivity index (χ3v) is 5.56. The molecule has 25 heavy (non-hydrogen) atoms. The Kier molecular flexibility index (Phi) is 3.02. The summed E-state index contributed by atoms with van der Waals surface area (Å²) >= 11 is 0. The average Bonchev–Trinajstić information content (AvgIpc) is 3.28. The molecule has 5 heteroatoms. The van der Waals surface area contributed by atoms with Crippen LogP contribution in [-0.4, -0.2) is 19.1 Å². The van der Waals surface area contributed by atoms with Gasteiger partial charge in [-0.25, -0.2) is 4.98 Å². The van der Waals surface area contributed by atoms with Crippen LogP contribution in [0.4, 0.5) is 0 Å². The molecule has 5 rings (SSSR count). The summed E-state index contributed by atoms with van der Waals surface area (Å²) in [5.74, 6) is 1.76. The van der Waals surface area contributed by atoms with E-state index in [2.05, 4.69) is 4.57 Å². The van der Waals surface area contributed by atoms with Crippen LogP contribution in [-0.2, 0) is 7.05 Å². The Bertz CT molecular complexity index is 1050. The predicted molar refractivity (Wildman–Crippen MR) is 96.5 cm³/mol. The second-order valence-electron chi connectivity index (χ2n) is 7.23. The van der Waals surface area contributed by atoms with E-state index in [1.54, 1.807) is 17.7 Å². The molecule has 2 aliphatic rings. The molecule has 5 nitrogen and oxygen atoms in total. The molecule has 0 amide bonds. The second kappa shape index (κ2) is 5.15. The van der Waals surface area contributed by atoms with Gasteiger partial charge in [0.2, 0.25) is 5.56 Å². The number of imidazole rings is 1. The quantitative estimate of drug-likeness (QED) is 0.722. The molecule has 3 aromatic rings. The van der Waals surface area contributed by atoms with Crippen LogP contribution in [0.1, 0.15) is 42.7 Å². The molecular formula is C20H20N4O. The maximum absolute atomic E-state index is 11.8. The van der Waals surface area contributed by atoms with E-state index in [1.807, 2.05) is 37.4 Å². The van der Waals surface area contributed by atoms with Crippen molar-refractivity contribution in [3.8, 4) is 22.6 Å². The van der Waals surface area contributed by atoms with Crippen LogP contribution >= 0.6 is 0 Å². The Hall–Kier alpha value is -2.69. The van der Waals surface area contributed by atoms with Gasteiger partial charge in [-0.15, -0.1) is 0 Å². The molecule has 2 bridgehead atoms. The summed E-state index contributed by atoms with van der Waals surface area (Å²) < 4.78 is 4.04. The Labute approximate surface area is 146 Å². The molecule has 0 saturated heterocycles. The number of aromatic nitrogens is 4. The first-order valence-corrected chi connectivity index (χ1v) is 8.85. The highest BCUT2D eigenvalue weighted by molar-refractivity contribution is 5.77. The molecule has 0 spiro atoms. The number of nitrogens with zero attached hydrogens (tertiary/aromatic N) is 4. The first-order chi connectivity index (χ1) is 12.1. The molecule has 0 aromatic carbocycles. The van der Waals surface area contributed by atoms with Crippen molar-refractivity contribution in [2.24, 2.45) is 7.05 Å². The van der Waals surface area contributed by atoms with Crippen molar-refractivity contribution in [1.29, 1.82) is 0 Å². The number of hydrogen-bond acceptors (Lipinski definition) is 3. The Morgan fingerprint density at radius 2 is 2.00 bits per heavy atom. The third kappa shape index (κ3) is 2.11. The summed E-state index contributed by atoms with van der Waals surface area (Å²) in [5.41, 5.74) is 4.98. The van der Waals surface area contributed by atoms with E-state index in [1.165, 1.54) is 25.1 Å². The summed E-state index contributed by atoms with van der Waals surface area (Å²) in [7, 11) is 1.80. The van der Waals surface area contributed by atoms with E-state index in [4.69, 9.17) is 9.97 Å². The predicted octanol–water partition coefficient (Wildman–Crippen LogP) is 3.44. The lowest BCUT2D eigenvalue weighted by Gasteiger charge is -2.17. The van der Waals surface area contributed by atoms with Crippen LogP contribution in [0.5, 0.6) is 0 Å². The van der Waals surface area contributed by atoms with Crippen molar-refractivity contribution in [3.63, 3.8) is 0 Å². The Morgan fingerprint density at radius 3 is 2.80 bits per heavy atom. The fourth-order valence-corrected chi connectivity index (χ4v) is 4.40. The minimum atomic E-state index is 0.00154. The number of aryl methyl sites for hydroxylation is 2. The molecule has 126 valence electrons. The molecule has 0 N–H and O–H groups in total. The van der Waals surface area contributed by atoms with Crippen molar-refractivity contribution in [3.05, 3.63) is 58.4 Å². The Morgan fingerprint density at radius 1 is 1.12 bits per heavy atom. The molecule has 2 unspecified atom stereocenters. The molecule has 2 atom stereocenters. The van der Waals surface area contributed by atoms with E-state index < -0.39 is 0 Å². The van der Waals surface area contributed by atoms with E-state index in [0.29, 0.717) is 12.0 Å². The van der Waals surface area contributed by atoms with Gasteiger partial charge in [0.05, 0.1) is 11.4 Å². The van der Waals surface area contributed by atoms with Gasteiger partial charge in [0.25, 0.3) is 0 Å². The van der Waals surface area contributed by atoms with Gasteiger partial charge in [-0.05, 0) is 44.4 Å². The van der Waals surface area contributed by atoms with E-state index >= 15 is 0 Å². The van der Waals surface area contributed by atoms with Gasteiger partial charge in [0.15, 0.2) is 0 Å². The summed E-state index contributed by atoms with van der Waals surface area (Å²) in [5, 5.41) is 0. The van der Waals surface area contributed by atoms with Crippen LogP contribution in [0.3, 0.4) is 0 Å². The summed E-state index contributed by atoms with van der Waals surface area (Å²) in [4.78, 5) is 21.6. The third-order valence-electron chi connectivity index (χ3n) is 5.56.